The molecule has 18 heavy (non-hydrogen) atoms. The van der Waals surface area contributed by atoms with E-state index in [1.165, 1.54) is 12.1 Å². The van der Waals surface area contributed by atoms with Gasteiger partial charge in [-0.2, -0.15) is 0 Å². The summed E-state index contributed by atoms with van der Waals surface area (Å²) in [6, 6.07) is 4.32. The number of rotatable bonds is 2. The minimum absolute atomic E-state index is 0.00940. The van der Waals surface area contributed by atoms with Gasteiger partial charge in [0.15, 0.2) is 0 Å². The molecule has 3 nitrogen and oxygen atoms in total. The number of amides is 1. The molecule has 0 aromatic heterocycles. The van der Waals surface area contributed by atoms with E-state index in [2.05, 4.69) is 11.8 Å². The molecule has 0 N–H and O–H groups in total. The van der Waals surface area contributed by atoms with Crippen LogP contribution in [0.15, 0.2) is 18.2 Å². The van der Waals surface area contributed by atoms with Crippen LogP contribution in [0.3, 0.4) is 0 Å². The zero-order chi connectivity index (χ0) is 13.1. The van der Waals surface area contributed by atoms with Crippen LogP contribution < -0.4 is 0 Å². The summed E-state index contributed by atoms with van der Waals surface area (Å²) in [5, 5.41) is 0. The van der Waals surface area contributed by atoms with Crippen molar-refractivity contribution < 1.29 is 9.18 Å². The highest BCUT2D eigenvalue weighted by Gasteiger charge is 2.22. The summed E-state index contributed by atoms with van der Waals surface area (Å²) >= 11 is 2.01. The minimum Gasteiger partial charge on any atom is -0.336 e. The van der Waals surface area contributed by atoms with Gasteiger partial charge in [0.2, 0.25) is 0 Å². The number of carbonyl (C=O) groups is 1. The van der Waals surface area contributed by atoms with Gasteiger partial charge in [-0.15, -0.1) is 0 Å². The fraction of sp³-hybridized carbons (Fsp3) is 0.462. The Balaban J connectivity index is 2.08. The first kappa shape index (κ1) is 13.7. The van der Waals surface area contributed by atoms with Gasteiger partial charge in [-0.1, -0.05) is 6.92 Å². The summed E-state index contributed by atoms with van der Waals surface area (Å²) in [7, 11) is 0. The zero-order valence-electron chi connectivity index (χ0n) is 10.3. The Morgan fingerprint density at radius 1 is 1.33 bits per heavy atom. The molecule has 0 radical (unpaired) electrons. The summed E-state index contributed by atoms with van der Waals surface area (Å²) in [5.41, 5.74) is 0.599. The number of piperazine rings is 1. The van der Waals surface area contributed by atoms with Crippen LogP contribution >= 0.6 is 22.6 Å². The minimum atomic E-state index is -0.299. The lowest BCUT2D eigenvalue weighted by Crippen LogP contribution is -2.48. The van der Waals surface area contributed by atoms with Crippen LogP contribution in [0.2, 0.25) is 0 Å². The van der Waals surface area contributed by atoms with E-state index < -0.39 is 0 Å². The smallest absolute Gasteiger partial charge is 0.255 e. The van der Waals surface area contributed by atoms with Crippen molar-refractivity contribution in [2.24, 2.45) is 0 Å². The summed E-state index contributed by atoms with van der Waals surface area (Å²) in [4.78, 5) is 16.5. The molecule has 98 valence electrons. The van der Waals surface area contributed by atoms with Crippen molar-refractivity contribution in [3.05, 3.63) is 33.1 Å². The second kappa shape index (κ2) is 5.97. The normalized spacial score (nSPS) is 16.9. The van der Waals surface area contributed by atoms with E-state index in [0.717, 1.165) is 32.7 Å². The van der Waals surface area contributed by atoms with Gasteiger partial charge in [0, 0.05) is 29.7 Å². The summed E-state index contributed by atoms with van der Waals surface area (Å²) < 4.78 is 13.7. The molecule has 1 fully saturated rings. The van der Waals surface area contributed by atoms with Crippen LogP contribution in [0.1, 0.15) is 17.3 Å². The van der Waals surface area contributed by atoms with Gasteiger partial charge in [0.25, 0.3) is 5.91 Å². The fourth-order valence-corrected chi connectivity index (χ4v) is 2.81. The van der Waals surface area contributed by atoms with Crippen LogP contribution in [-0.2, 0) is 0 Å². The topological polar surface area (TPSA) is 23.6 Å². The average Bonchev–Trinajstić information content (AvgIpc) is 2.38. The molecule has 0 unspecified atom stereocenters. The number of hydrogen-bond donors (Lipinski definition) is 0. The average molecular weight is 362 g/mol. The first-order valence-corrected chi connectivity index (χ1v) is 7.16. The Labute approximate surface area is 120 Å². The maximum Gasteiger partial charge on any atom is 0.255 e. The molecular weight excluding hydrogens is 346 g/mol. The Morgan fingerprint density at radius 3 is 2.56 bits per heavy atom. The molecule has 0 atom stereocenters. The maximum atomic E-state index is 13.0. The van der Waals surface area contributed by atoms with Gasteiger partial charge in [-0.05, 0) is 47.3 Å². The zero-order valence-corrected chi connectivity index (χ0v) is 12.5. The molecule has 0 aliphatic carbocycles. The van der Waals surface area contributed by atoms with Gasteiger partial charge in [0.05, 0.1) is 5.56 Å². The van der Waals surface area contributed by atoms with Gasteiger partial charge < -0.3 is 9.80 Å². The Morgan fingerprint density at radius 2 is 2.00 bits per heavy atom. The third-order valence-electron chi connectivity index (χ3n) is 3.27. The number of nitrogens with zero attached hydrogens (tertiary/aromatic N) is 2. The molecule has 0 saturated carbocycles. The molecule has 1 aliphatic rings. The van der Waals surface area contributed by atoms with Crippen LogP contribution in [-0.4, -0.2) is 48.4 Å². The standard InChI is InChI=1S/C13H16FIN2O/c1-2-16-5-7-17(8-6-16)13(18)11-4-3-10(14)9-12(11)15/h3-4,9H,2,5-8H2,1H3. The molecule has 0 spiro atoms. The quantitative estimate of drug-likeness (QED) is 0.754. The molecule has 1 aromatic rings. The number of hydrogen-bond acceptors (Lipinski definition) is 2. The lowest BCUT2D eigenvalue weighted by molar-refractivity contribution is 0.0642. The van der Waals surface area contributed by atoms with Crippen molar-refractivity contribution in [2.45, 2.75) is 6.92 Å². The van der Waals surface area contributed by atoms with E-state index in [1.54, 1.807) is 6.07 Å². The third kappa shape index (κ3) is 3.00. The monoisotopic (exact) mass is 362 g/mol. The van der Waals surface area contributed by atoms with E-state index in [0.29, 0.717) is 9.13 Å². The van der Waals surface area contributed by atoms with Gasteiger partial charge in [-0.3, -0.25) is 4.79 Å². The molecule has 1 aliphatic heterocycles. The Hall–Kier alpha value is -0.690. The van der Waals surface area contributed by atoms with E-state index in [9.17, 15) is 9.18 Å². The SMILES string of the molecule is CCN1CCN(C(=O)c2ccc(F)cc2I)CC1. The van der Waals surface area contributed by atoms with E-state index in [1.807, 2.05) is 27.5 Å². The van der Waals surface area contributed by atoms with Gasteiger partial charge in [-0.25, -0.2) is 4.39 Å². The van der Waals surface area contributed by atoms with Gasteiger partial charge in [0.1, 0.15) is 5.82 Å². The summed E-state index contributed by atoms with van der Waals surface area (Å²) in [6.45, 7) is 6.48. The maximum absolute atomic E-state index is 13.0. The van der Waals surface area contributed by atoms with E-state index in [-0.39, 0.29) is 11.7 Å². The highest BCUT2D eigenvalue weighted by molar-refractivity contribution is 14.1. The number of benzene rings is 1. The van der Waals surface area contributed by atoms with Crippen molar-refractivity contribution >= 4 is 28.5 Å². The molecule has 5 heteroatoms. The largest absolute Gasteiger partial charge is 0.336 e. The molecule has 1 heterocycles. The van der Waals surface area contributed by atoms with Crippen LogP contribution in [0, 0.1) is 9.39 Å². The molecule has 1 saturated heterocycles. The first-order valence-electron chi connectivity index (χ1n) is 6.08. The van der Waals surface area contributed by atoms with E-state index >= 15 is 0 Å². The third-order valence-corrected chi connectivity index (χ3v) is 4.16. The highest BCUT2D eigenvalue weighted by atomic mass is 127. The second-order valence-corrected chi connectivity index (χ2v) is 5.51. The van der Waals surface area contributed by atoms with Crippen molar-refractivity contribution in [1.82, 2.24) is 9.80 Å². The van der Waals surface area contributed by atoms with Crippen molar-refractivity contribution in [1.29, 1.82) is 0 Å². The van der Waals surface area contributed by atoms with Crippen molar-refractivity contribution in [3.63, 3.8) is 0 Å². The van der Waals surface area contributed by atoms with Crippen molar-refractivity contribution in [2.75, 3.05) is 32.7 Å². The Bertz CT molecular complexity index is 445. The summed E-state index contributed by atoms with van der Waals surface area (Å²) in [6.07, 6.45) is 0. The highest BCUT2D eigenvalue weighted by Crippen LogP contribution is 2.17. The molecular formula is C13H16FIN2O. The first-order chi connectivity index (χ1) is 8.61. The number of carbonyl (C=O) groups excluding carboxylic acids is 1. The number of halogens is 2. The fourth-order valence-electron chi connectivity index (χ4n) is 2.10. The summed E-state index contributed by atoms with van der Waals surface area (Å²) in [5.74, 6) is -0.290. The van der Waals surface area contributed by atoms with Crippen LogP contribution in [0.25, 0.3) is 0 Å². The van der Waals surface area contributed by atoms with E-state index in [4.69, 9.17) is 0 Å². The van der Waals surface area contributed by atoms with Crippen LogP contribution in [0.5, 0.6) is 0 Å². The van der Waals surface area contributed by atoms with Crippen molar-refractivity contribution in [3.8, 4) is 0 Å². The Kier molecular flexibility index (Phi) is 4.55. The molecule has 1 aromatic carbocycles. The molecule has 0 bridgehead atoms. The number of likely N-dealkylation sites (N-methyl/N-ethyl adjacent to an activating group) is 1. The molecule has 2 rings (SSSR count). The lowest BCUT2D eigenvalue weighted by Gasteiger charge is -2.34. The lowest BCUT2D eigenvalue weighted by atomic mass is 10.2. The molecule has 1 amide bonds. The van der Waals surface area contributed by atoms with Crippen LogP contribution in [0.4, 0.5) is 4.39 Å². The predicted molar refractivity (Wildman–Crippen MR) is 77.1 cm³/mol. The predicted octanol–water partition coefficient (Wildman–Crippen LogP) is 2.21. The second-order valence-electron chi connectivity index (χ2n) is 4.35. The van der Waals surface area contributed by atoms with Gasteiger partial charge >= 0.3 is 0 Å².